The van der Waals surface area contributed by atoms with Gasteiger partial charge in [-0.2, -0.15) is 0 Å². The molecule has 0 unspecified atom stereocenters. The quantitative estimate of drug-likeness (QED) is 0.712. The molecule has 7 heteroatoms. The summed E-state index contributed by atoms with van der Waals surface area (Å²) in [6.45, 7) is 3.88. The zero-order valence-corrected chi connectivity index (χ0v) is 13.4. The van der Waals surface area contributed by atoms with Crippen LogP contribution in [0.3, 0.4) is 0 Å². The molecular weight excluding hydrogens is 296 g/mol. The molecule has 23 heavy (non-hydrogen) atoms. The number of benzene rings is 1. The van der Waals surface area contributed by atoms with Crippen LogP contribution in [0.25, 0.3) is 10.9 Å². The number of rotatable bonds is 6. The van der Waals surface area contributed by atoms with Gasteiger partial charge in [0.15, 0.2) is 0 Å². The molecule has 0 radical (unpaired) electrons. The van der Waals surface area contributed by atoms with Gasteiger partial charge in [0, 0.05) is 12.1 Å². The normalized spacial score (nSPS) is 11.6. The zero-order chi connectivity index (χ0) is 17.0. The molecule has 7 nitrogen and oxygen atoms in total. The smallest absolute Gasteiger partial charge is 0.329 e. The number of H-pyrrole nitrogens is 1. The van der Waals surface area contributed by atoms with Crippen LogP contribution in [0.2, 0.25) is 0 Å². The van der Waals surface area contributed by atoms with E-state index in [0.29, 0.717) is 17.4 Å². The Balaban J connectivity index is 2.20. The highest BCUT2D eigenvalue weighted by molar-refractivity contribution is 5.78. The number of para-hydroxylation sites is 1. The molecule has 0 atom stereocenters. The molecule has 4 N–H and O–H groups in total. The largest absolute Gasteiger partial charge is 0.353 e. The first-order chi connectivity index (χ1) is 10.9. The van der Waals surface area contributed by atoms with E-state index in [-0.39, 0.29) is 6.54 Å². The highest BCUT2D eigenvalue weighted by atomic mass is 16.2. The summed E-state index contributed by atoms with van der Waals surface area (Å²) in [6, 6.07) is 6.69. The highest BCUT2D eigenvalue weighted by Gasteiger charge is 2.21. The van der Waals surface area contributed by atoms with E-state index in [1.807, 2.05) is 13.8 Å². The summed E-state index contributed by atoms with van der Waals surface area (Å²) >= 11 is 0. The summed E-state index contributed by atoms with van der Waals surface area (Å²) in [4.78, 5) is 39.0. The molecule has 0 fully saturated rings. The van der Waals surface area contributed by atoms with Gasteiger partial charge in [-0.3, -0.25) is 14.2 Å². The van der Waals surface area contributed by atoms with Crippen molar-refractivity contribution in [1.82, 2.24) is 14.9 Å². The zero-order valence-electron chi connectivity index (χ0n) is 13.4. The van der Waals surface area contributed by atoms with Crippen LogP contribution in [0.1, 0.15) is 26.7 Å². The first-order valence-electron chi connectivity index (χ1n) is 7.67. The first-order valence-corrected chi connectivity index (χ1v) is 7.67. The number of amides is 1. The Morgan fingerprint density at radius 2 is 1.91 bits per heavy atom. The lowest BCUT2D eigenvalue weighted by Gasteiger charge is -2.26. The Morgan fingerprint density at radius 1 is 1.26 bits per heavy atom. The number of aromatic amines is 1. The third-order valence-corrected chi connectivity index (χ3v) is 4.24. The van der Waals surface area contributed by atoms with E-state index in [4.69, 9.17) is 5.73 Å². The van der Waals surface area contributed by atoms with Crippen molar-refractivity contribution in [1.29, 1.82) is 0 Å². The van der Waals surface area contributed by atoms with Gasteiger partial charge in [0.05, 0.1) is 10.9 Å². The van der Waals surface area contributed by atoms with E-state index < -0.39 is 22.7 Å². The average Bonchev–Trinajstić information content (AvgIpc) is 2.56. The fourth-order valence-corrected chi connectivity index (χ4v) is 2.32. The standard InChI is InChI=1S/C16H22N4O3/c1-3-16(17,4-2)10-18-13(21)9-20-14(22)11-7-5-6-8-12(11)19-15(20)23/h5-8H,3-4,9-10,17H2,1-2H3,(H,18,21)(H,19,23). The molecule has 0 aliphatic rings. The molecule has 0 spiro atoms. The van der Waals surface area contributed by atoms with Gasteiger partial charge in [-0.1, -0.05) is 26.0 Å². The van der Waals surface area contributed by atoms with Gasteiger partial charge in [-0.25, -0.2) is 4.79 Å². The number of hydrogen-bond acceptors (Lipinski definition) is 4. The summed E-state index contributed by atoms with van der Waals surface area (Å²) in [5.74, 6) is -0.412. The van der Waals surface area contributed by atoms with Crippen molar-refractivity contribution in [3.63, 3.8) is 0 Å². The molecule has 1 amide bonds. The third kappa shape index (κ3) is 3.68. The Kier molecular flexibility index (Phi) is 5.00. The predicted octanol–water partition coefficient (Wildman–Crippen LogP) is 0.324. The molecule has 0 aliphatic carbocycles. The molecule has 0 aliphatic heterocycles. The van der Waals surface area contributed by atoms with Crippen LogP contribution in [0, 0.1) is 0 Å². The van der Waals surface area contributed by atoms with E-state index >= 15 is 0 Å². The number of nitrogens with one attached hydrogen (secondary N) is 2. The number of nitrogens with zero attached hydrogens (tertiary/aromatic N) is 1. The molecule has 2 rings (SSSR count). The first kappa shape index (κ1) is 17.0. The molecule has 0 saturated heterocycles. The molecule has 1 heterocycles. The molecule has 0 bridgehead atoms. The number of carbonyl (C=O) groups is 1. The van der Waals surface area contributed by atoms with Crippen molar-refractivity contribution in [2.75, 3.05) is 6.54 Å². The van der Waals surface area contributed by atoms with E-state index in [1.165, 1.54) is 0 Å². The van der Waals surface area contributed by atoms with Gasteiger partial charge in [0.1, 0.15) is 6.54 Å². The topological polar surface area (TPSA) is 110 Å². The number of carbonyl (C=O) groups excluding carboxylic acids is 1. The van der Waals surface area contributed by atoms with Crippen molar-refractivity contribution >= 4 is 16.8 Å². The lowest BCUT2D eigenvalue weighted by atomic mass is 9.94. The van der Waals surface area contributed by atoms with E-state index in [1.54, 1.807) is 24.3 Å². The van der Waals surface area contributed by atoms with Crippen LogP contribution in [0.15, 0.2) is 33.9 Å². The predicted molar refractivity (Wildman–Crippen MR) is 89.3 cm³/mol. The van der Waals surface area contributed by atoms with Crippen molar-refractivity contribution in [3.8, 4) is 0 Å². The molecule has 1 aromatic carbocycles. The third-order valence-electron chi connectivity index (χ3n) is 4.24. The Morgan fingerprint density at radius 3 is 2.57 bits per heavy atom. The average molecular weight is 318 g/mol. The van der Waals surface area contributed by atoms with Crippen LogP contribution in [0.4, 0.5) is 0 Å². The van der Waals surface area contributed by atoms with Crippen LogP contribution in [0.5, 0.6) is 0 Å². The van der Waals surface area contributed by atoms with E-state index in [2.05, 4.69) is 10.3 Å². The minimum absolute atomic E-state index is 0.305. The maximum absolute atomic E-state index is 12.3. The second kappa shape index (κ2) is 6.78. The van der Waals surface area contributed by atoms with Crippen molar-refractivity contribution in [3.05, 3.63) is 45.1 Å². The molecule has 124 valence electrons. The summed E-state index contributed by atoms with van der Waals surface area (Å²) in [6.07, 6.45) is 1.45. The molecular formula is C16H22N4O3. The Bertz CT molecular complexity index is 818. The second-order valence-corrected chi connectivity index (χ2v) is 5.71. The lowest BCUT2D eigenvalue weighted by Crippen LogP contribution is -2.50. The molecule has 1 aromatic heterocycles. The lowest BCUT2D eigenvalue weighted by molar-refractivity contribution is -0.122. The van der Waals surface area contributed by atoms with Crippen LogP contribution in [-0.2, 0) is 11.3 Å². The van der Waals surface area contributed by atoms with Crippen molar-refractivity contribution in [2.24, 2.45) is 5.73 Å². The maximum atomic E-state index is 12.3. The van der Waals surface area contributed by atoms with Crippen LogP contribution < -0.4 is 22.3 Å². The number of aromatic nitrogens is 2. The number of hydrogen-bond donors (Lipinski definition) is 3. The number of fused-ring (bicyclic) bond motifs is 1. The summed E-state index contributed by atoms with van der Waals surface area (Å²) < 4.78 is 0.897. The Labute approximate surface area is 133 Å². The van der Waals surface area contributed by atoms with Gasteiger partial charge in [0.2, 0.25) is 5.91 Å². The molecule has 0 saturated carbocycles. The van der Waals surface area contributed by atoms with Gasteiger partial charge < -0.3 is 16.0 Å². The van der Waals surface area contributed by atoms with Gasteiger partial charge in [-0.15, -0.1) is 0 Å². The van der Waals surface area contributed by atoms with Crippen molar-refractivity contribution in [2.45, 2.75) is 38.8 Å². The van der Waals surface area contributed by atoms with Gasteiger partial charge >= 0.3 is 5.69 Å². The number of nitrogens with two attached hydrogens (primary N) is 1. The van der Waals surface area contributed by atoms with E-state index in [9.17, 15) is 14.4 Å². The van der Waals surface area contributed by atoms with E-state index in [0.717, 1.165) is 17.4 Å². The van der Waals surface area contributed by atoms with Gasteiger partial charge in [0.25, 0.3) is 5.56 Å². The SMILES string of the molecule is CCC(N)(CC)CNC(=O)Cn1c(=O)[nH]c2ccccc2c1=O. The highest BCUT2D eigenvalue weighted by Crippen LogP contribution is 2.09. The fourth-order valence-electron chi connectivity index (χ4n) is 2.32. The Hall–Kier alpha value is -2.41. The monoisotopic (exact) mass is 318 g/mol. The summed E-state index contributed by atoms with van der Waals surface area (Å²) in [5, 5.41) is 3.07. The fraction of sp³-hybridized carbons (Fsp3) is 0.438. The minimum atomic E-state index is -0.603. The molecule has 2 aromatic rings. The summed E-state index contributed by atoms with van der Waals surface area (Å²) in [5.41, 5.74) is 5.02. The minimum Gasteiger partial charge on any atom is -0.353 e. The van der Waals surface area contributed by atoms with Crippen LogP contribution >= 0.6 is 0 Å². The van der Waals surface area contributed by atoms with Crippen molar-refractivity contribution < 1.29 is 4.79 Å². The van der Waals surface area contributed by atoms with Crippen LogP contribution in [-0.4, -0.2) is 27.5 Å². The second-order valence-electron chi connectivity index (χ2n) is 5.71. The summed E-state index contributed by atoms with van der Waals surface area (Å²) in [7, 11) is 0. The maximum Gasteiger partial charge on any atom is 0.329 e. The van der Waals surface area contributed by atoms with Gasteiger partial charge in [-0.05, 0) is 25.0 Å².